The van der Waals surface area contributed by atoms with Gasteiger partial charge >= 0.3 is 12.1 Å². The maximum Gasteiger partial charge on any atom is 0.435 e. The Morgan fingerprint density at radius 2 is 1.96 bits per heavy atom. The Morgan fingerprint density at radius 1 is 1.27 bits per heavy atom. The number of hydrogen-bond donors (Lipinski definition) is 2. The molecule has 2 rings (SSSR count). The predicted octanol–water partition coefficient (Wildman–Crippen LogP) is 3.12. The average Bonchev–Trinajstić information content (AvgIpc) is 3.04. The number of carboxylic acids is 1. The zero-order chi connectivity index (χ0) is 19.5. The van der Waals surface area contributed by atoms with Gasteiger partial charge in [-0.1, -0.05) is 19.9 Å². The second-order valence-electron chi connectivity index (χ2n) is 6.19. The minimum Gasteiger partial charge on any atom is -0.480 e. The van der Waals surface area contributed by atoms with Crippen molar-refractivity contribution in [1.29, 1.82) is 0 Å². The number of nitrogens with zero attached hydrogens (tertiary/aromatic N) is 2. The third kappa shape index (κ3) is 4.84. The van der Waals surface area contributed by atoms with Gasteiger partial charge in [-0.25, -0.2) is 9.48 Å². The van der Waals surface area contributed by atoms with Gasteiger partial charge < -0.3 is 10.4 Å². The number of alkyl halides is 3. The number of carbonyl (C=O) groups excluding carboxylic acids is 1. The van der Waals surface area contributed by atoms with Crippen LogP contribution in [0.4, 0.5) is 13.2 Å². The Morgan fingerprint density at radius 3 is 2.50 bits per heavy atom. The molecule has 140 valence electrons. The summed E-state index contributed by atoms with van der Waals surface area (Å²) in [5.74, 6) is -1.71. The average molecular weight is 369 g/mol. The van der Waals surface area contributed by atoms with E-state index in [2.05, 4.69) is 10.4 Å². The first-order chi connectivity index (χ1) is 12.1. The molecule has 0 saturated heterocycles. The maximum absolute atomic E-state index is 12.7. The van der Waals surface area contributed by atoms with Gasteiger partial charge in [-0.2, -0.15) is 18.3 Å². The Labute approximate surface area is 147 Å². The molecule has 2 aromatic rings. The number of aromatic nitrogens is 2. The van der Waals surface area contributed by atoms with Crippen molar-refractivity contribution in [3.63, 3.8) is 0 Å². The molecule has 1 heterocycles. The van der Waals surface area contributed by atoms with Crippen molar-refractivity contribution in [3.05, 3.63) is 47.8 Å². The molecule has 0 saturated carbocycles. The van der Waals surface area contributed by atoms with Crippen LogP contribution in [0.3, 0.4) is 0 Å². The Balaban J connectivity index is 2.21. The summed E-state index contributed by atoms with van der Waals surface area (Å²) in [6, 6.07) is 5.55. The zero-order valence-electron chi connectivity index (χ0n) is 14.1. The Bertz CT molecular complexity index is 800. The second-order valence-corrected chi connectivity index (χ2v) is 6.19. The maximum atomic E-state index is 12.7. The van der Waals surface area contributed by atoms with E-state index in [4.69, 9.17) is 0 Å². The quantitative estimate of drug-likeness (QED) is 0.819. The number of nitrogens with one attached hydrogen (secondary N) is 1. The smallest absolute Gasteiger partial charge is 0.435 e. The van der Waals surface area contributed by atoms with Crippen LogP contribution in [0, 0.1) is 5.92 Å². The van der Waals surface area contributed by atoms with E-state index >= 15 is 0 Å². The minimum atomic E-state index is -4.56. The van der Waals surface area contributed by atoms with Crippen molar-refractivity contribution >= 4 is 11.9 Å². The number of halogens is 3. The largest absolute Gasteiger partial charge is 0.480 e. The molecule has 2 N–H and O–H groups in total. The lowest BCUT2D eigenvalue weighted by Gasteiger charge is -2.16. The first kappa shape index (κ1) is 19.5. The first-order valence-corrected chi connectivity index (χ1v) is 7.85. The summed E-state index contributed by atoms with van der Waals surface area (Å²) in [5.41, 5.74) is -0.666. The van der Waals surface area contributed by atoms with E-state index < -0.39 is 29.8 Å². The highest BCUT2D eigenvalue weighted by Gasteiger charge is 2.33. The monoisotopic (exact) mass is 369 g/mol. The van der Waals surface area contributed by atoms with Gasteiger partial charge in [0.05, 0.1) is 5.69 Å². The van der Waals surface area contributed by atoms with Crippen LogP contribution in [0.2, 0.25) is 0 Å². The summed E-state index contributed by atoms with van der Waals surface area (Å²) in [5, 5.41) is 15.1. The highest BCUT2D eigenvalue weighted by Crippen LogP contribution is 2.27. The van der Waals surface area contributed by atoms with E-state index in [-0.39, 0.29) is 23.6 Å². The summed E-state index contributed by atoms with van der Waals surface area (Å²) in [6.45, 7) is 3.66. The fourth-order valence-corrected chi connectivity index (χ4v) is 2.34. The highest BCUT2D eigenvalue weighted by atomic mass is 19.4. The molecule has 1 aromatic carbocycles. The minimum absolute atomic E-state index is 0.0626. The summed E-state index contributed by atoms with van der Waals surface area (Å²) in [7, 11) is 0. The SMILES string of the molecule is CC(C)C[C@H](NC(=O)c1cccc(-n2ccc(C(F)(F)F)n2)c1)C(=O)O. The summed E-state index contributed by atoms with van der Waals surface area (Å²) in [4.78, 5) is 23.6. The number of benzene rings is 1. The Hall–Kier alpha value is -2.84. The molecule has 0 spiro atoms. The lowest BCUT2D eigenvalue weighted by Crippen LogP contribution is -2.41. The molecule has 0 unspecified atom stereocenters. The molecule has 0 radical (unpaired) electrons. The molecule has 0 aliphatic heterocycles. The van der Waals surface area contributed by atoms with Gasteiger partial charge in [0.1, 0.15) is 6.04 Å². The Kier molecular flexibility index (Phi) is 5.69. The molecule has 0 bridgehead atoms. The fourth-order valence-electron chi connectivity index (χ4n) is 2.34. The molecule has 6 nitrogen and oxygen atoms in total. The van der Waals surface area contributed by atoms with Crippen LogP contribution >= 0.6 is 0 Å². The van der Waals surface area contributed by atoms with Gasteiger partial charge in [-0.3, -0.25) is 4.79 Å². The number of rotatable bonds is 6. The standard InChI is InChI=1S/C17H18F3N3O3/c1-10(2)8-13(16(25)26)21-15(24)11-4-3-5-12(9-11)23-7-6-14(22-23)17(18,19)20/h3-7,9-10,13H,8H2,1-2H3,(H,21,24)(H,25,26)/t13-/m0/s1. The fraction of sp³-hybridized carbons (Fsp3) is 0.353. The van der Waals surface area contributed by atoms with Crippen LogP contribution in [-0.4, -0.2) is 32.8 Å². The third-order valence-electron chi connectivity index (χ3n) is 3.56. The number of amides is 1. The van der Waals surface area contributed by atoms with Crippen molar-refractivity contribution in [2.45, 2.75) is 32.5 Å². The first-order valence-electron chi connectivity index (χ1n) is 7.85. The second kappa shape index (κ2) is 7.59. The van der Waals surface area contributed by atoms with Gasteiger partial charge in [0, 0.05) is 11.8 Å². The van der Waals surface area contributed by atoms with Crippen molar-refractivity contribution in [2.75, 3.05) is 0 Å². The van der Waals surface area contributed by atoms with E-state index in [1.54, 1.807) is 0 Å². The van der Waals surface area contributed by atoms with Crippen LogP contribution in [0.25, 0.3) is 5.69 Å². The van der Waals surface area contributed by atoms with Crippen molar-refractivity contribution in [1.82, 2.24) is 15.1 Å². The van der Waals surface area contributed by atoms with E-state index in [0.29, 0.717) is 0 Å². The van der Waals surface area contributed by atoms with Crippen LogP contribution < -0.4 is 5.32 Å². The van der Waals surface area contributed by atoms with Crippen molar-refractivity contribution in [3.8, 4) is 5.69 Å². The van der Waals surface area contributed by atoms with Crippen molar-refractivity contribution in [2.24, 2.45) is 5.92 Å². The van der Waals surface area contributed by atoms with Gasteiger partial charge in [0.25, 0.3) is 5.91 Å². The molecular weight excluding hydrogens is 351 g/mol. The molecule has 1 aromatic heterocycles. The predicted molar refractivity (Wildman–Crippen MR) is 86.9 cm³/mol. The van der Waals surface area contributed by atoms with E-state index in [1.807, 2.05) is 13.8 Å². The number of hydrogen-bond acceptors (Lipinski definition) is 3. The molecule has 0 fully saturated rings. The summed E-state index contributed by atoms with van der Waals surface area (Å²) in [6.07, 6.45) is -3.17. The van der Waals surface area contributed by atoms with Crippen LogP contribution in [0.15, 0.2) is 36.5 Å². The summed E-state index contributed by atoms with van der Waals surface area (Å²) >= 11 is 0. The summed E-state index contributed by atoms with van der Waals surface area (Å²) < 4.78 is 39.0. The van der Waals surface area contributed by atoms with Gasteiger partial charge in [-0.05, 0) is 36.6 Å². The number of carboxylic acid groups (broad SMARTS) is 1. The van der Waals surface area contributed by atoms with E-state index in [0.717, 1.165) is 16.9 Å². The lowest BCUT2D eigenvalue weighted by atomic mass is 10.0. The number of aliphatic carboxylic acids is 1. The van der Waals surface area contributed by atoms with Gasteiger partial charge in [0.2, 0.25) is 0 Å². The lowest BCUT2D eigenvalue weighted by molar-refractivity contribution is -0.141. The van der Waals surface area contributed by atoms with Gasteiger partial charge in [0.15, 0.2) is 5.69 Å². The van der Waals surface area contributed by atoms with E-state index in [9.17, 15) is 27.9 Å². The molecule has 26 heavy (non-hydrogen) atoms. The molecule has 1 amide bonds. The molecule has 9 heteroatoms. The number of carbonyl (C=O) groups is 2. The molecule has 1 atom stereocenters. The van der Waals surface area contributed by atoms with Crippen LogP contribution in [-0.2, 0) is 11.0 Å². The van der Waals surface area contributed by atoms with Gasteiger partial charge in [-0.15, -0.1) is 0 Å². The highest BCUT2D eigenvalue weighted by molar-refractivity contribution is 5.97. The molecule has 0 aliphatic carbocycles. The van der Waals surface area contributed by atoms with E-state index in [1.165, 1.54) is 24.3 Å². The normalized spacial score (nSPS) is 12.8. The topological polar surface area (TPSA) is 84.2 Å². The van der Waals surface area contributed by atoms with Crippen LogP contribution in [0.1, 0.15) is 36.3 Å². The van der Waals surface area contributed by atoms with Crippen LogP contribution in [0.5, 0.6) is 0 Å². The zero-order valence-corrected chi connectivity index (χ0v) is 14.1. The molecular formula is C17H18F3N3O3. The van der Waals surface area contributed by atoms with Crippen molar-refractivity contribution < 1.29 is 27.9 Å². The third-order valence-corrected chi connectivity index (χ3v) is 3.56. The molecule has 0 aliphatic rings.